The zero-order chi connectivity index (χ0) is 31.1. The number of nitrogens with zero attached hydrogens (tertiary/aromatic N) is 6. The van der Waals surface area contributed by atoms with Crippen molar-refractivity contribution in [3.63, 3.8) is 0 Å². The Morgan fingerprint density at radius 3 is 2.69 bits per heavy atom. The average Bonchev–Trinajstić information content (AvgIpc) is 2.99. The van der Waals surface area contributed by atoms with E-state index >= 15 is 0 Å². The number of benzene rings is 1. The molecule has 1 aromatic carbocycles. The van der Waals surface area contributed by atoms with Gasteiger partial charge in [0.2, 0.25) is 0 Å². The third-order valence-electron chi connectivity index (χ3n) is 9.65. The summed E-state index contributed by atoms with van der Waals surface area (Å²) in [6.07, 6.45) is 9.56. The molecule has 0 atom stereocenters. The first-order valence-electron chi connectivity index (χ1n) is 16.0. The first-order chi connectivity index (χ1) is 21.8. The first kappa shape index (κ1) is 29.9. The number of likely N-dealkylation sites (N-methyl/N-ethyl adjacent to an activating group) is 1. The van der Waals surface area contributed by atoms with Crippen molar-refractivity contribution in [2.75, 3.05) is 44.8 Å². The number of carbonyl (C=O) groups excluding carboxylic acids is 1. The molecule has 4 aliphatic rings. The van der Waals surface area contributed by atoms with Crippen molar-refractivity contribution in [3.8, 4) is 17.2 Å². The van der Waals surface area contributed by atoms with Crippen LogP contribution in [0, 0.1) is 11.2 Å². The van der Waals surface area contributed by atoms with Gasteiger partial charge in [0.1, 0.15) is 29.7 Å². The highest BCUT2D eigenvalue weighted by Crippen LogP contribution is 2.52. The maximum Gasteiger partial charge on any atom is 0.258 e. The molecule has 11 heteroatoms. The van der Waals surface area contributed by atoms with Crippen LogP contribution in [0.15, 0.2) is 43.0 Å². The Labute approximate surface area is 263 Å². The number of fused-ring (bicyclic) bond motifs is 1. The van der Waals surface area contributed by atoms with Crippen molar-refractivity contribution in [1.82, 2.24) is 24.8 Å². The summed E-state index contributed by atoms with van der Waals surface area (Å²) in [5.41, 5.74) is 2.73. The number of pyridine rings is 1. The minimum atomic E-state index is -0.489. The Bertz CT molecular complexity index is 1550. The lowest BCUT2D eigenvalue weighted by Crippen LogP contribution is -2.65. The predicted octanol–water partition coefficient (Wildman–Crippen LogP) is 4.87. The number of carbonyl (C=O) groups is 1. The quantitative estimate of drug-likeness (QED) is 0.352. The number of rotatable bonds is 8. The van der Waals surface area contributed by atoms with Crippen molar-refractivity contribution in [1.29, 1.82) is 0 Å². The number of ether oxygens (including phenoxy) is 3. The molecule has 3 aliphatic heterocycles. The van der Waals surface area contributed by atoms with Gasteiger partial charge in [0, 0.05) is 80.8 Å². The molecule has 1 aliphatic carbocycles. The Morgan fingerprint density at radius 1 is 1.11 bits per heavy atom. The molecular weight excluding hydrogens is 575 g/mol. The molecule has 1 spiro atoms. The Morgan fingerprint density at radius 2 is 1.91 bits per heavy atom. The number of aromatic nitrogens is 3. The van der Waals surface area contributed by atoms with Gasteiger partial charge in [-0.1, -0.05) is 0 Å². The van der Waals surface area contributed by atoms with E-state index in [0.29, 0.717) is 24.8 Å². The van der Waals surface area contributed by atoms with E-state index in [4.69, 9.17) is 14.2 Å². The van der Waals surface area contributed by atoms with Crippen LogP contribution in [-0.2, 0) is 17.7 Å². The Kier molecular flexibility index (Phi) is 8.07. The molecule has 5 heterocycles. The minimum absolute atomic E-state index is 0.0239. The van der Waals surface area contributed by atoms with Gasteiger partial charge in [0.05, 0.1) is 11.8 Å². The predicted molar refractivity (Wildman–Crippen MR) is 166 cm³/mol. The topological polar surface area (TPSA) is 93.2 Å². The van der Waals surface area contributed by atoms with Crippen LogP contribution in [0.4, 0.5) is 10.2 Å². The van der Waals surface area contributed by atoms with Gasteiger partial charge in [-0.3, -0.25) is 9.78 Å². The van der Waals surface area contributed by atoms with Crippen molar-refractivity contribution in [3.05, 3.63) is 65.6 Å². The van der Waals surface area contributed by atoms with E-state index in [1.807, 2.05) is 31.0 Å². The highest BCUT2D eigenvalue weighted by molar-refractivity contribution is 5.97. The van der Waals surface area contributed by atoms with Crippen LogP contribution < -0.4 is 14.4 Å². The van der Waals surface area contributed by atoms with Crippen molar-refractivity contribution in [2.24, 2.45) is 5.41 Å². The summed E-state index contributed by atoms with van der Waals surface area (Å²) in [6, 6.07) is 6.05. The van der Waals surface area contributed by atoms with E-state index in [1.165, 1.54) is 30.1 Å². The van der Waals surface area contributed by atoms with E-state index in [-0.39, 0.29) is 40.8 Å². The molecule has 2 aromatic heterocycles. The second-order valence-electron chi connectivity index (χ2n) is 13.3. The first-order valence-corrected chi connectivity index (χ1v) is 16.0. The number of halogens is 1. The van der Waals surface area contributed by atoms with Gasteiger partial charge < -0.3 is 28.9 Å². The van der Waals surface area contributed by atoms with Crippen molar-refractivity contribution >= 4 is 11.7 Å². The highest BCUT2D eigenvalue weighted by Gasteiger charge is 2.54. The molecule has 7 rings (SSSR count). The molecule has 3 aromatic rings. The fraction of sp³-hybridized carbons (Fsp3) is 0.529. The third-order valence-corrected chi connectivity index (χ3v) is 9.65. The summed E-state index contributed by atoms with van der Waals surface area (Å²) in [4.78, 5) is 33.6. The zero-order valence-electron chi connectivity index (χ0n) is 26.2. The van der Waals surface area contributed by atoms with Crippen LogP contribution in [0.25, 0.3) is 0 Å². The fourth-order valence-corrected chi connectivity index (χ4v) is 7.42. The van der Waals surface area contributed by atoms with Gasteiger partial charge in [-0.15, -0.1) is 0 Å². The second kappa shape index (κ2) is 12.2. The number of hydrogen-bond acceptors (Lipinski definition) is 9. The lowest BCUT2D eigenvalue weighted by Gasteiger charge is -2.59. The molecule has 0 radical (unpaired) electrons. The van der Waals surface area contributed by atoms with E-state index in [0.717, 1.165) is 69.7 Å². The lowest BCUT2D eigenvalue weighted by molar-refractivity contribution is -0.0352. The maximum atomic E-state index is 14.5. The third kappa shape index (κ3) is 5.95. The molecule has 1 amide bonds. The Hall–Kier alpha value is -3.83. The van der Waals surface area contributed by atoms with Gasteiger partial charge in [0.15, 0.2) is 11.6 Å². The van der Waals surface area contributed by atoms with E-state index in [9.17, 15) is 9.18 Å². The zero-order valence-corrected chi connectivity index (χ0v) is 26.2. The molecule has 45 heavy (non-hydrogen) atoms. The summed E-state index contributed by atoms with van der Waals surface area (Å²) in [5.74, 6) is 1.61. The second-order valence-corrected chi connectivity index (χ2v) is 13.3. The van der Waals surface area contributed by atoms with Crippen LogP contribution in [0.3, 0.4) is 0 Å². The summed E-state index contributed by atoms with van der Waals surface area (Å²) >= 11 is 0. The van der Waals surface area contributed by atoms with Crippen LogP contribution >= 0.6 is 0 Å². The normalized spacial score (nSPS) is 20.0. The Balaban J connectivity index is 1.03. The molecule has 0 bridgehead atoms. The molecular formula is C34H41FN6O4. The highest BCUT2D eigenvalue weighted by atomic mass is 19.1. The number of amides is 1. The molecule has 10 nitrogen and oxygen atoms in total. The van der Waals surface area contributed by atoms with Crippen LogP contribution in [0.2, 0.25) is 0 Å². The summed E-state index contributed by atoms with van der Waals surface area (Å²) in [6.45, 7) is 8.72. The van der Waals surface area contributed by atoms with Gasteiger partial charge in [0.25, 0.3) is 5.91 Å². The molecule has 2 saturated heterocycles. The monoisotopic (exact) mass is 616 g/mol. The van der Waals surface area contributed by atoms with Gasteiger partial charge >= 0.3 is 0 Å². The molecule has 3 fully saturated rings. The molecule has 238 valence electrons. The van der Waals surface area contributed by atoms with Crippen LogP contribution in [-0.4, -0.2) is 88.7 Å². The van der Waals surface area contributed by atoms with E-state index < -0.39 is 5.82 Å². The van der Waals surface area contributed by atoms with E-state index in [2.05, 4.69) is 31.8 Å². The summed E-state index contributed by atoms with van der Waals surface area (Å²) < 4.78 is 32.9. The molecule has 0 unspecified atom stereocenters. The van der Waals surface area contributed by atoms with Gasteiger partial charge in [-0.25, -0.2) is 14.4 Å². The van der Waals surface area contributed by atoms with Gasteiger partial charge in [-0.05, 0) is 70.8 Å². The smallest absolute Gasteiger partial charge is 0.258 e. The van der Waals surface area contributed by atoms with Gasteiger partial charge in [-0.2, -0.15) is 0 Å². The summed E-state index contributed by atoms with van der Waals surface area (Å²) in [5, 5.41) is 0. The number of anilines is 1. The van der Waals surface area contributed by atoms with E-state index in [1.54, 1.807) is 6.20 Å². The van der Waals surface area contributed by atoms with Crippen LogP contribution in [0.5, 0.6) is 17.2 Å². The minimum Gasteiger partial charge on any atom is -0.490 e. The summed E-state index contributed by atoms with van der Waals surface area (Å²) in [7, 11) is 2.13. The largest absolute Gasteiger partial charge is 0.490 e. The van der Waals surface area contributed by atoms with Crippen molar-refractivity contribution in [2.45, 2.75) is 70.7 Å². The lowest BCUT2D eigenvalue weighted by atomic mass is 9.61. The van der Waals surface area contributed by atoms with Crippen LogP contribution in [0.1, 0.15) is 61.1 Å². The molecule has 1 saturated carbocycles. The average molecular weight is 617 g/mol. The SMILES string of the molecule is CC(C)N(C(=O)c1cc(F)ccc1Oc1cncnc1N1CC2(CC(Oc3ccnc4c3CN(C)CC4)C2)C1)C1CCOCC1. The van der Waals surface area contributed by atoms with Crippen molar-refractivity contribution < 1.29 is 23.4 Å². The number of hydrogen-bond donors (Lipinski definition) is 0. The fourth-order valence-electron chi connectivity index (χ4n) is 7.42. The maximum absolute atomic E-state index is 14.5. The molecule has 0 N–H and O–H groups in total. The standard InChI is InChI=1S/C34H41FN6O4/c1-22(2)41(24-8-12-43-13-9-24)33(42)26-14-23(35)4-5-29(26)45-31-17-36-21-38-32(31)40-19-34(20-40)15-25(16-34)44-30-6-10-37-28-7-11-39(3)18-27(28)30/h4-6,10,14,17,21-22,24-25H,7-9,11-13,15-16,18-20H2,1-3H3.